The summed E-state index contributed by atoms with van der Waals surface area (Å²) < 4.78 is 12.8. The predicted octanol–water partition coefficient (Wildman–Crippen LogP) is 2.53. The van der Waals surface area contributed by atoms with E-state index in [1.807, 2.05) is 42.8 Å². The van der Waals surface area contributed by atoms with Crippen molar-refractivity contribution in [2.75, 3.05) is 44.7 Å². The Morgan fingerprint density at radius 3 is 2.58 bits per heavy atom. The summed E-state index contributed by atoms with van der Waals surface area (Å²) in [7, 11) is 1.67. The summed E-state index contributed by atoms with van der Waals surface area (Å²) in [5, 5.41) is 13.7. The van der Waals surface area contributed by atoms with Crippen LogP contribution in [0.2, 0.25) is 0 Å². The first-order valence-electron chi connectivity index (χ1n) is 11.3. The monoisotopic (exact) mass is 449 g/mol. The van der Waals surface area contributed by atoms with Crippen LogP contribution in [0, 0.1) is 11.8 Å². The number of benzene rings is 1. The minimum atomic E-state index is -0.280. The van der Waals surface area contributed by atoms with Gasteiger partial charge in [-0.25, -0.2) is 4.98 Å². The zero-order chi connectivity index (χ0) is 23.2. The maximum atomic E-state index is 9.56. The first-order valence-corrected chi connectivity index (χ1v) is 11.3. The molecule has 3 aromatic rings. The Bertz CT molecular complexity index is 1090. The number of hydrogen-bond donors (Lipinski definition) is 1. The average molecular weight is 450 g/mol. The number of anilines is 1. The van der Waals surface area contributed by atoms with E-state index < -0.39 is 0 Å². The third kappa shape index (κ3) is 6.02. The second-order valence-electron chi connectivity index (χ2n) is 8.41. The lowest BCUT2D eigenvalue weighted by Gasteiger charge is -2.36. The van der Waals surface area contributed by atoms with Crippen molar-refractivity contribution >= 4 is 5.69 Å². The van der Waals surface area contributed by atoms with Gasteiger partial charge in [0.1, 0.15) is 17.6 Å². The summed E-state index contributed by atoms with van der Waals surface area (Å²) in [5.74, 6) is 7.59. The molecule has 0 amide bonds. The Balaban J connectivity index is 1.34. The van der Waals surface area contributed by atoms with Crippen molar-refractivity contribution in [1.82, 2.24) is 19.6 Å². The molecule has 8 heteroatoms. The maximum Gasteiger partial charge on any atom is 0.210 e. The lowest BCUT2D eigenvalue weighted by atomic mass is 10.1. The molecule has 1 aliphatic rings. The third-order valence-electron chi connectivity index (χ3n) is 5.81. The number of hydrogen-bond acceptors (Lipinski definition) is 7. The highest BCUT2D eigenvalue weighted by Crippen LogP contribution is 2.18. The van der Waals surface area contributed by atoms with Crippen LogP contribution in [0.15, 0.2) is 47.2 Å². The molecule has 0 aliphatic carbocycles. The summed E-state index contributed by atoms with van der Waals surface area (Å²) in [6, 6.07) is 10.1. The van der Waals surface area contributed by atoms with Gasteiger partial charge in [-0.1, -0.05) is 11.1 Å². The van der Waals surface area contributed by atoms with Crippen molar-refractivity contribution in [2.24, 2.45) is 0 Å². The Kier molecular flexibility index (Phi) is 7.45. The highest BCUT2D eigenvalue weighted by molar-refractivity contribution is 5.51. The normalized spacial score (nSPS) is 16.3. The van der Waals surface area contributed by atoms with E-state index in [0.29, 0.717) is 12.3 Å². The van der Waals surface area contributed by atoms with Gasteiger partial charge < -0.3 is 23.8 Å². The van der Waals surface area contributed by atoms with E-state index in [1.165, 1.54) is 5.69 Å². The number of aliphatic hydroxyl groups excluding tert-OH is 1. The standard InChI is InChI=1S/C25H31N5O3/c1-19(31)17-28-12-14-29(15-13-28)23-7-4-21(5-8-23)6-9-24-16-22(27-33-24)18-30-11-10-26-25(30)20(2)32-3/h4-5,7-8,10-11,16,19-20,31H,12-15,17-18H2,1-3H3/t19?,20-/m0/s1. The highest BCUT2D eigenvalue weighted by Gasteiger charge is 2.18. The molecule has 1 fully saturated rings. The summed E-state index contributed by atoms with van der Waals surface area (Å²) in [4.78, 5) is 9.03. The molecule has 3 heterocycles. The van der Waals surface area contributed by atoms with Crippen molar-refractivity contribution in [2.45, 2.75) is 32.6 Å². The van der Waals surface area contributed by atoms with Gasteiger partial charge in [0.15, 0.2) is 0 Å². The molecule has 8 nitrogen and oxygen atoms in total. The number of aromatic nitrogens is 3. The second kappa shape index (κ2) is 10.7. The Labute approximate surface area is 194 Å². The molecule has 1 N–H and O–H groups in total. The summed E-state index contributed by atoms with van der Waals surface area (Å²) in [6.07, 6.45) is 3.28. The Hall–Kier alpha value is -3.12. The number of β-amino-alcohol motifs (C(OH)–C–C–N with tert-alkyl or cyclic N) is 1. The molecule has 0 bridgehead atoms. The number of piperazine rings is 1. The number of nitrogens with zero attached hydrogens (tertiary/aromatic N) is 5. The van der Waals surface area contributed by atoms with Gasteiger partial charge in [0.2, 0.25) is 5.76 Å². The van der Waals surface area contributed by atoms with E-state index in [2.05, 4.69) is 43.9 Å². The minimum absolute atomic E-state index is 0.0951. The minimum Gasteiger partial charge on any atom is -0.392 e. The SMILES string of the molecule is CO[C@@H](C)c1nccn1Cc1cc(C#Cc2ccc(N3CCN(CC(C)O)CC3)cc2)on1. The van der Waals surface area contributed by atoms with E-state index in [0.717, 1.165) is 49.8 Å². The molecule has 1 aromatic carbocycles. The predicted molar refractivity (Wildman–Crippen MR) is 126 cm³/mol. The quantitative estimate of drug-likeness (QED) is 0.555. The Morgan fingerprint density at radius 2 is 1.88 bits per heavy atom. The van der Waals surface area contributed by atoms with E-state index in [1.54, 1.807) is 13.3 Å². The lowest BCUT2D eigenvalue weighted by Crippen LogP contribution is -2.48. The fourth-order valence-corrected chi connectivity index (χ4v) is 3.99. The van der Waals surface area contributed by atoms with Crippen molar-refractivity contribution in [1.29, 1.82) is 0 Å². The summed E-state index contributed by atoms with van der Waals surface area (Å²) >= 11 is 0. The van der Waals surface area contributed by atoms with Crippen LogP contribution in [0.4, 0.5) is 5.69 Å². The summed E-state index contributed by atoms with van der Waals surface area (Å²) in [5.41, 5.74) is 2.91. The molecule has 0 radical (unpaired) electrons. The largest absolute Gasteiger partial charge is 0.392 e. The number of imidazole rings is 1. The number of methoxy groups -OCH3 is 1. The zero-order valence-corrected chi connectivity index (χ0v) is 19.4. The van der Waals surface area contributed by atoms with Crippen molar-refractivity contribution < 1.29 is 14.4 Å². The second-order valence-corrected chi connectivity index (χ2v) is 8.41. The zero-order valence-electron chi connectivity index (χ0n) is 19.4. The van der Waals surface area contributed by atoms with Gasteiger partial charge in [-0.3, -0.25) is 4.90 Å². The maximum absolute atomic E-state index is 9.56. The van der Waals surface area contributed by atoms with Crippen LogP contribution in [0.1, 0.15) is 42.8 Å². The topological polar surface area (TPSA) is 79.8 Å². The molecule has 0 saturated carbocycles. The molecule has 33 heavy (non-hydrogen) atoms. The van der Waals surface area contributed by atoms with Crippen molar-refractivity contribution in [3.63, 3.8) is 0 Å². The first kappa shape index (κ1) is 23.1. The Morgan fingerprint density at radius 1 is 1.12 bits per heavy atom. The fourth-order valence-electron chi connectivity index (χ4n) is 3.99. The van der Waals surface area contributed by atoms with Crippen LogP contribution in [-0.4, -0.2) is 70.7 Å². The highest BCUT2D eigenvalue weighted by atomic mass is 16.5. The molecule has 0 spiro atoms. The molecular formula is C25H31N5O3. The fraction of sp³-hybridized carbons (Fsp3) is 0.440. The smallest absolute Gasteiger partial charge is 0.210 e. The van der Waals surface area contributed by atoms with Crippen molar-refractivity contribution in [3.8, 4) is 11.8 Å². The molecule has 1 aliphatic heterocycles. The van der Waals surface area contributed by atoms with Crippen LogP contribution < -0.4 is 4.90 Å². The van der Waals surface area contributed by atoms with Gasteiger partial charge in [-0.2, -0.15) is 0 Å². The van der Waals surface area contributed by atoms with Gasteiger partial charge >= 0.3 is 0 Å². The average Bonchev–Trinajstić information content (AvgIpc) is 3.47. The van der Waals surface area contributed by atoms with E-state index in [-0.39, 0.29) is 12.2 Å². The molecule has 174 valence electrons. The number of rotatable bonds is 7. The first-order chi connectivity index (χ1) is 16.0. The molecule has 2 atom stereocenters. The molecule has 2 aromatic heterocycles. The number of aliphatic hydroxyl groups is 1. The molecule has 4 rings (SSSR count). The van der Waals surface area contributed by atoms with Gasteiger partial charge in [-0.05, 0) is 44.0 Å². The van der Waals surface area contributed by atoms with E-state index in [9.17, 15) is 5.11 Å². The van der Waals surface area contributed by atoms with Gasteiger partial charge in [0.05, 0.1) is 12.6 Å². The van der Waals surface area contributed by atoms with Gasteiger partial charge in [0, 0.05) is 69.5 Å². The van der Waals surface area contributed by atoms with Gasteiger partial charge in [-0.15, -0.1) is 0 Å². The molecule has 1 unspecified atom stereocenters. The summed E-state index contributed by atoms with van der Waals surface area (Å²) in [6.45, 7) is 8.93. The molecule has 1 saturated heterocycles. The van der Waals surface area contributed by atoms with Crippen molar-refractivity contribution in [3.05, 3.63) is 65.6 Å². The van der Waals surface area contributed by atoms with E-state index >= 15 is 0 Å². The van der Waals surface area contributed by atoms with Crippen LogP contribution in [-0.2, 0) is 11.3 Å². The number of ether oxygens (including phenoxy) is 1. The lowest BCUT2D eigenvalue weighted by molar-refractivity contribution is 0.109. The van der Waals surface area contributed by atoms with Crippen LogP contribution >= 0.6 is 0 Å². The molecular weight excluding hydrogens is 418 g/mol. The van der Waals surface area contributed by atoms with Crippen LogP contribution in [0.25, 0.3) is 0 Å². The van der Waals surface area contributed by atoms with Crippen LogP contribution in [0.3, 0.4) is 0 Å². The third-order valence-corrected chi connectivity index (χ3v) is 5.81. The van der Waals surface area contributed by atoms with Crippen LogP contribution in [0.5, 0.6) is 0 Å². The van der Waals surface area contributed by atoms with Gasteiger partial charge in [0.25, 0.3) is 0 Å². The van der Waals surface area contributed by atoms with E-state index in [4.69, 9.17) is 9.26 Å².